The highest BCUT2D eigenvalue weighted by atomic mass is 16.6. The van der Waals surface area contributed by atoms with Gasteiger partial charge in [-0.1, -0.05) is 13.0 Å². The fraction of sp³-hybridized carbons (Fsp3) is 0.474. The Kier molecular flexibility index (Phi) is 5.40. The molecule has 0 unspecified atom stereocenters. The summed E-state index contributed by atoms with van der Waals surface area (Å²) in [5.74, 6) is 0.00698. The van der Waals surface area contributed by atoms with Crippen LogP contribution in [-0.2, 0) is 20.7 Å². The Morgan fingerprint density at radius 3 is 2.44 bits per heavy atom. The van der Waals surface area contributed by atoms with E-state index < -0.39 is 11.7 Å². The van der Waals surface area contributed by atoms with Gasteiger partial charge in [-0.2, -0.15) is 0 Å². The van der Waals surface area contributed by atoms with Crippen LogP contribution in [0.4, 0.5) is 4.79 Å². The maximum absolute atomic E-state index is 12.6. The third-order valence-electron chi connectivity index (χ3n) is 3.81. The van der Waals surface area contributed by atoms with Crippen LogP contribution in [0.1, 0.15) is 33.3 Å². The molecule has 0 fully saturated rings. The first-order valence-electron chi connectivity index (χ1n) is 8.16. The summed E-state index contributed by atoms with van der Waals surface area (Å²) < 4.78 is 17.2. The predicted octanol–water partition coefficient (Wildman–Crippen LogP) is 3.78. The zero-order valence-electron chi connectivity index (χ0n) is 15.6. The van der Waals surface area contributed by atoms with Gasteiger partial charge in [-0.15, -0.1) is 0 Å². The van der Waals surface area contributed by atoms with E-state index in [4.69, 9.17) is 14.2 Å². The number of esters is 1. The fourth-order valence-corrected chi connectivity index (χ4v) is 2.73. The van der Waals surface area contributed by atoms with Crippen molar-refractivity contribution < 1.29 is 23.8 Å². The molecule has 1 heterocycles. The maximum atomic E-state index is 12.6. The van der Waals surface area contributed by atoms with E-state index in [2.05, 4.69) is 0 Å². The molecule has 6 heteroatoms. The van der Waals surface area contributed by atoms with Gasteiger partial charge in [-0.3, -0.25) is 9.36 Å². The summed E-state index contributed by atoms with van der Waals surface area (Å²) in [6.07, 6.45) is 1.67. The number of fused-ring (bicyclic) bond motifs is 1. The first-order chi connectivity index (χ1) is 11.7. The monoisotopic (exact) mass is 347 g/mol. The summed E-state index contributed by atoms with van der Waals surface area (Å²) >= 11 is 0. The molecule has 1 atom stereocenters. The maximum Gasteiger partial charge on any atom is 0.419 e. The molecule has 1 aromatic heterocycles. The van der Waals surface area contributed by atoms with E-state index in [1.807, 2.05) is 39.0 Å². The lowest BCUT2D eigenvalue weighted by Gasteiger charge is -2.19. The SMILES string of the molecule is COC(=O)[C@H](C)Cc1cn(C(=O)OC(C)(C)C)c2cccc(OC)c12. The number of benzene rings is 1. The Labute approximate surface area is 147 Å². The van der Waals surface area contributed by atoms with Crippen molar-refractivity contribution in [3.05, 3.63) is 30.0 Å². The molecule has 0 radical (unpaired) electrons. The van der Waals surface area contributed by atoms with E-state index in [1.165, 1.54) is 11.7 Å². The highest BCUT2D eigenvalue weighted by molar-refractivity contribution is 5.96. The summed E-state index contributed by atoms with van der Waals surface area (Å²) in [6, 6.07) is 5.47. The smallest absolute Gasteiger partial charge is 0.419 e. The van der Waals surface area contributed by atoms with Crippen LogP contribution in [-0.4, -0.2) is 36.5 Å². The number of carbonyl (C=O) groups excluding carboxylic acids is 2. The van der Waals surface area contributed by atoms with E-state index in [0.717, 1.165) is 10.9 Å². The molecule has 0 N–H and O–H groups in total. The normalized spacial score (nSPS) is 12.7. The summed E-state index contributed by atoms with van der Waals surface area (Å²) in [5.41, 5.74) is 0.906. The van der Waals surface area contributed by atoms with Crippen molar-refractivity contribution in [3.63, 3.8) is 0 Å². The summed E-state index contributed by atoms with van der Waals surface area (Å²) in [6.45, 7) is 7.24. The lowest BCUT2D eigenvalue weighted by molar-refractivity contribution is -0.144. The highest BCUT2D eigenvalue weighted by Crippen LogP contribution is 2.32. The minimum atomic E-state index is -0.605. The standard InChI is InChI=1S/C19H25NO5/c1-12(17(21)24-6)10-13-11-20(18(22)25-19(2,3)4)14-8-7-9-15(23-5)16(13)14/h7-9,11-12H,10H2,1-6H3/t12-/m1/s1. The van der Waals surface area contributed by atoms with Gasteiger partial charge in [0, 0.05) is 11.6 Å². The Morgan fingerprint density at radius 1 is 1.20 bits per heavy atom. The Hall–Kier alpha value is -2.50. The fourth-order valence-electron chi connectivity index (χ4n) is 2.73. The second-order valence-electron chi connectivity index (χ2n) is 6.99. The molecule has 25 heavy (non-hydrogen) atoms. The molecule has 0 aliphatic carbocycles. The van der Waals surface area contributed by atoms with Gasteiger partial charge in [0.25, 0.3) is 0 Å². The number of carbonyl (C=O) groups is 2. The van der Waals surface area contributed by atoms with Crippen LogP contribution in [0.2, 0.25) is 0 Å². The largest absolute Gasteiger partial charge is 0.496 e. The van der Waals surface area contributed by atoms with Gasteiger partial charge in [-0.05, 0) is 44.9 Å². The van der Waals surface area contributed by atoms with Crippen molar-refractivity contribution in [2.45, 2.75) is 39.7 Å². The van der Waals surface area contributed by atoms with Crippen molar-refractivity contribution in [1.29, 1.82) is 0 Å². The number of ether oxygens (including phenoxy) is 3. The number of hydrogen-bond donors (Lipinski definition) is 0. The van der Waals surface area contributed by atoms with Gasteiger partial charge in [0.2, 0.25) is 0 Å². The Balaban J connectivity index is 2.54. The van der Waals surface area contributed by atoms with E-state index >= 15 is 0 Å². The van der Waals surface area contributed by atoms with Gasteiger partial charge in [0.05, 0.1) is 25.7 Å². The number of nitrogens with zero attached hydrogens (tertiary/aromatic N) is 1. The van der Waals surface area contributed by atoms with E-state index in [0.29, 0.717) is 17.7 Å². The molecule has 0 bridgehead atoms. The molecule has 0 aliphatic rings. The highest BCUT2D eigenvalue weighted by Gasteiger charge is 2.24. The van der Waals surface area contributed by atoms with Gasteiger partial charge in [0.1, 0.15) is 11.4 Å². The van der Waals surface area contributed by atoms with Crippen molar-refractivity contribution in [3.8, 4) is 5.75 Å². The second kappa shape index (κ2) is 7.17. The predicted molar refractivity (Wildman–Crippen MR) is 95.0 cm³/mol. The average Bonchev–Trinajstić information content (AvgIpc) is 2.91. The number of rotatable bonds is 4. The quantitative estimate of drug-likeness (QED) is 0.787. The van der Waals surface area contributed by atoms with E-state index in [1.54, 1.807) is 20.2 Å². The van der Waals surface area contributed by atoms with Crippen molar-refractivity contribution in [2.75, 3.05) is 14.2 Å². The van der Waals surface area contributed by atoms with Gasteiger partial charge in [0.15, 0.2) is 0 Å². The van der Waals surface area contributed by atoms with Gasteiger partial charge in [-0.25, -0.2) is 4.79 Å². The molecular weight excluding hydrogens is 322 g/mol. The van der Waals surface area contributed by atoms with Crippen LogP contribution >= 0.6 is 0 Å². The van der Waals surface area contributed by atoms with Gasteiger partial charge < -0.3 is 14.2 Å². The summed E-state index contributed by atoms with van der Waals surface area (Å²) in [5, 5.41) is 0.798. The van der Waals surface area contributed by atoms with Crippen molar-refractivity contribution in [1.82, 2.24) is 4.57 Å². The third-order valence-corrected chi connectivity index (χ3v) is 3.81. The van der Waals surface area contributed by atoms with Crippen molar-refractivity contribution in [2.24, 2.45) is 5.92 Å². The second-order valence-corrected chi connectivity index (χ2v) is 6.99. The topological polar surface area (TPSA) is 66.8 Å². The van der Waals surface area contributed by atoms with Crippen LogP contribution in [0.15, 0.2) is 24.4 Å². The number of hydrogen-bond acceptors (Lipinski definition) is 5. The Morgan fingerprint density at radius 2 is 1.88 bits per heavy atom. The lowest BCUT2D eigenvalue weighted by Crippen LogP contribution is -2.26. The van der Waals surface area contributed by atoms with Crippen LogP contribution in [0, 0.1) is 5.92 Å². The molecule has 0 saturated heterocycles. The number of aromatic nitrogens is 1. The zero-order chi connectivity index (χ0) is 18.8. The summed E-state index contributed by atoms with van der Waals surface area (Å²) in [7, 11) is 2.94. The molecule has 0 amide bonds. The minimum Gasteiger partial charge on any atom is -0.496 e. The average molecular weight is 347 g/mol. The molecular formula is C19H25NO5. The lowest BCUT2D eigenvalue weighted by atomic mass is 10.0. The molecule has 6 nitrogen and oxygen atoms in total. The van der Waals surface area contributed by atoms with Crippen LogP contribution in [0.5, 0.6) is 5.75 Å². The first kappa shape index (κ1) is 18.8. The molecule has 2 rings (SSSR count). The van der Waals surface area contributed by atoms with E-state index in [-0.39, 0.29) is 11.9 Å². The Bertz CT molecular complexity index is 785. The molecule has 0 saturated carbocycles. The zero-order valence-corrected chi connectivity index (χ0v) is 15.6. The number of methoxy groups -OCH3 is 2. The molecule has 2 aromatic rings. The van der Waals surface area contributed by atoms with Crippen LogP contribution in [0.25, 0.3) is 10.9 Å². The molecule has 0 aliphatic heterocycles. The molecule has 0 spiro atoms. The summed E-state index contributed by atoms with van der Waals surface area (Å²) in [4.78, 5) is 24.4. The first-order valence-corrected chi connectivity index (χ1v) is 8.16. The van der Waals surface area contributed by atoms with Crippen molar-refractivity contribution >= 4 is 23.0 Å². The van der Waals surface area contributed by atoms with Crippen LogP contribution in [0.3, 0.4) is 0 Å². The third kappa shape index (κ3) is 4.13. The van der Waals surface area contributed by atoms with Crippen LogP contribution < -0.4 is 4.74 Å². The molecule has 136 valence electrons. The molecule has 1 aromatic carbocycles. The van der Waals surface area contributed by atoms with Gasteiger partial charge >= 0.3 is 12.1 Å². The van der Waals surface area contributed by atoms with E-state index in [9.17, 15) is 9.59 Å². The minimum absolute atomic E-state index is 0.298.